The van der Waals surface area contributed by atoms with Gasteiger partial charge in [-0.15, -0.1) is 0 Å². The Hall–Kier alpha value is -3.39. The van der Waals surface area contributed by atoms with Gasteiger partial charge in [-0.3, -0.25) is 24.6 Å². The van der Waals surface area contributed by atoms with E-state index in [9.17, 15) is 24.6 Å². The summed E-state index contributed by atoms with van der Waals surface area (Å²) >= 11 is 0. The van der Waals surface area contributed by atoms with Gasteiger partial charge >= 0.3 is 0 Å². The van der Waals surface area contributed by atoms with Crippen molar-refractivity contribution in [3.63, 3.8) is 0 Å². The fourth-order valence-electron chi connectivity index (χ4n) is 5.52. The van der Waals surface area contributed by atoms with E-state index in [1.54, 1.807) is 12.1 Å². The summed E-state index contributed by atoms with van der Waals surface area (Å²) in [6.45, 7) is 3.76. The highest BCUT2D eigenvalue weighted by Gasteiger charge is 2.70. The molecule has 2 fully saturated rings. The number of fused-ring (bicyclic) bond motifs is 4. The molecule has 2 aromatic rings. The number of amides is 3. The zero-order valence-electron chi connectivity index (χ0n) is 17.8. The first-order valence-electron chi connectivity index (χ1n) is 10.9. The summed E-state index contributed by atoms with van der Waals surface area (Å²) in [5.74, 6) is -3.01. The number of carbonyl (C=O) groups is 3. The van der Waals surface area contributed by atoms with Crippen molar-refractivity contribution < 1.29 is 24.6 Å². The second-order valence-electron chi connectivity index (χ2n) is 8.89. The van der Waals surface area contributed by atoms with Crippen LogP contribution in [0.1, 0.15) is 31.4 Å². The third kappa shape index (κ3) is 2.62. The van der Waals surface area contributed by atoms with Crippen molar-refractivity contribution in [1.29, 1.82) is 0 Å². The lowest BCUT2D eigenvalue weighted by Gasteiger charge is -2.31. The number of anilines is 1. The Morgan fingerprint density at radius 1 is 1.06 bits per heavy atom. The Kier molecular flexibility index (Phi) is 4.53. The SMILES string of the molecule is CC[C@H](C)N1C(=O)[C@@H]2[C@H](Cc3ccc(O)c(O)c3)N[C@]3(C(=O)Nc4ccccc43)[C@@H]2C1=O. The van der Waals surface area contributed by atoms with Crippen LogP contribution in [-0.2, 0) is 26.3 Å². The average Bonchev–Trinajstić information content (AvgIpc) is 3.35. The molecule has 5 rings (SSSR count). The molecule has 3 aliphatic heterocycles. The van der Waals surface area contributed by atoms with Crippen molar-refractivity contribution in [1.82, 2.24) is 10.2 Å². The van der Waals surface area contributed by atoms with Crippen LogP contribution in [0.3, 0.4) is 0 Å². The maximum Gasteiger partial charge on any atom is 0.250 e. The van der Waals surface area contributed by atoms with Crippen LogP contribution in [0.15, 0.2) is 42.5 Å². The van der Waals surface area contributed by atoms with Crippen molar-refractivity contribution in [2.24, 2.45) is 11.8 Å². The molecule has 2 aromatic carbocycles. The van der Waals surface area contributed by atoms with Gasteiger partial charge < -0.3 is 15.5 Å². The summed E-state index contributed by atoms with van der Waals surface area (Å²) in [6.07, 6.45) is 0.927. The van der Waals surface area contributed by atoms with Gasteiger partial charge in [-0.25, -0.2) is 0 Å². The molecule has 0 radical (unpaired) electrons. The number of likely N-dealkylation sites (tertiary alicyclic amines) is 1. The fourth-order valence-corrected chi connectivity index (χ4v) is 5.52. The number of nitrogens with one attached hydrogen (secondary N) is 2. The van der Waals surface area contributed by atoms with Gasteiger partial charge in [0.05, 0.1) is 11.8 Å². The number of para-hydroxylation sites is 1. The molecule has 8 nitrogen and oxygen atoms in total. The van der Waals surface area contributed by atoms with Crippen molar-refractivity contribution in [2.45, 2.75) is 44.3 Å². The lowest BCUT2D eigenvalue weighted by Crippen LogP contribution is -2.54. The molecule has 0 aromatic heterocycles. The molecule has 8 heteroatoms. The van der Waals surface area contributed by atoms with E-state index in [1.165, 1.54) is 17.0 Å². The minimum atomic E-state index is -1.33. The Balaban J connectivity index is 1.63. The molecule has 2 saturated heterocycles. The van der Waals surface area contributed by atoms with Gasteiger partial charge in [0.25, 0.3) is 0 Å². The number of phenols is 2. The Labute approximate surface area is 185 Å². The molecule has 3 amide bonds. The summed E-state index contributed by atoms with van der Waals surface area (Å²) in [5.41, 5.74) is 0.652. The van der Waals surface area contributed by atoms with E-state index in [0.29, 0.717) is 29.7 Å². The first-order valence-corrected chi connectivity index (χ1v) is 10.9. The van der Waals surface area contributed by atoms with Crippen LogP contribution in [0.2, 0.25) is 0 Å². The zero-order chi connectivity index (χ0) is 22.8. The highest BCUT2D eigenvalue weighted by atomic mass is 16.3. The molecule has 3 heterocycles. The molecule has 0 saturated carbocycles. The maximum absolute atomic E-state index is 13.6. The molecule has 0 unspecified atom stereocenters. The minimum Gasteiger partial charge on any atom is -0.504 e. The first kappa shape index (κ1) is 20.5. The Bertz CT molecular complexity index is 1150. The molecular weight excluding hydrogens is 410 g/mol. The van der Waals surface area contributed by atoms with E-state index in [2.05, 4.69) is 10.6 Å². The van der Waals surface area contributed by atoms with Crippen LogP contribution in [-0.4, -0.2) is 44.9 Å². The van der Waals surface area contributed by atoms with Crippen LogP contribution >= 0.6 is 0 Å². The fraction of sp³-hybridized carbons (Fsp3) is 0.375. The van der Waals surface area contributed by atoms with E-state index >= 15 is 0 Å². The summed E-state index contributed by atoms with van der Waals surface area (Å²) < 4.78 is 0. The standard InChI is InChI=1S/C24H25N3O5/c1-3-12(2)27-21(30)19-16(10-13-8-9-17(28)18(29)11-13)26-24(20(19)22(27)31)14-6-4-5-7-15(14)25-23(24)32/h4-9,11-12,16,19-20,26,28-29H,3,10H2,1-2H3,(H,25,32)/t12-,16-,19+,20-,24-/m0/s1. The third-order valence-corrected chi connectivity index (χ3v) is 7.18. The van der Waals surface area contributed by atoms with Gasteiger partial charge in [0.1, 0.15) is 5.54 Å². The van der Waals surface area contributed by atoms with E-state index in [4.69, 9.17) is 0 Å². The van der Waals surface area contributed by atoms with Crippen molar-refractivity contribution in [3.8, 4) is 11.5 Å². The molecular formula is C24H25N3O5. The normalized spacial score (nSPS) is 29.4. The van der Waals surface area contributed by atoms with Gasteiger partial charge in [-0.1, -0.05) is 31.2 Å². The zero-order valence-corrected chi connectivity index (χ0v) is 17.8. The highest BCUT2D eigenvalue weighted by Crippen LogP contribution is 2.53. The summed E-state index contributed by atoms with van der Waals surface area (Å²) in [5, 5.41) is 25.8. The quantitative estimate of drug-likeness (QED) is 0.430. The van der Waals surface area contributed by atoms with Crippen molar-refractivity contribution >= 4 is 23.4 Å². The van der Waals surface area contributed by atoms with Gasteiger partial charge in [0, 0.05) is 23.3 Å². The minimum absolute atomic E-state index is 0.235. The second kappa shape index (κ2) is 7.06. The lowest BCUT2D eigenvalue weighted by molar-refractivity contribution is -0.145. The summed E-state index contributed by atoms with van der Waals surface area (Å²) in [4.78, 5) is 41.8. The molecule has 166 valence electrons. The van der Waals surface area contributed by atoms with E-state index in [1.807, 2.05) is 32.0 Å². The predicted molar refractivity (Wildman–Crippen MR) is 116 cm³/mol. The van der Waals surface area contributed by atoms with Gasteiger partial charge in [-0.05, 0) is 43.5 Å². The second-order valence-corrected chi connectivity index (χ2v) is 8.89. The number of aromatic hydroxyl groups is 2. The smallest absolute Gasteiger partial charge is 0.250 e. The predicted octanol–water partition coefficient (Wildman–Crippen LogP) is 1.86. The Morgan fingerprint density at radius 2 is 1.81 bits per heavy atom. The summed E-state index contributed by atoms with van der Waals surface area (Å²) in [6, 6.07) is 10.9. The topological polar surface area (TPSA) is 119 Å². The Morgan fingerprint density at radius 3 is 2.53 bits per heavy atom. The number of benzene rings is 2. The van der Waals surface area contributed by atoms with Crippen LogP contribution in [0, 0.1) is 11.8 Å². The number of hydrogen-bond donors (Lipinski definition) is 4. The van der Waals surface area contributed by atoms with Crippen LogP contribution in [0.4, 0.5) is 5.69 Å². The maximum atomic E-state index is 13.6. The number of imide groups is 1. The first-order chi connectivity index (χ1) is 15.3. The molecule has 5 atom stereocenters. The van der Waals surface area contributed by atoms with E-state index in [0.717, 1.165) is 0 Å². The number of nitrogens with zero attached hydrogens (tertiary/aromatic N) is 1. The monoisotopic (exact) mass is 435 g/mol. The molecule has 4 N–H and O–H groups in total. The molecule has 32 heavy (non-hydrogen) atoms. The number of phenolic OH excluding ortho intramolecular Hbond substituents is 2. The van der Waals surface area contributed by atoms with E-state index in [-0.39, 0.29) is 35.3 Å². The number of rotatable bonds is 4. The average molecular weight is 435 g/mol. The molecule has 0 bridgehead atoms. The lowest BCUT2D eigenvalue weighted by atomic mass is 9.76. The molecule has 0 aliphatic carbocycles. The van der Waals surface area contributed by atoms with Crippen molar-refractivity contribution in [2.75, 3.05) is 5.32 Å². The van der Waals surface area contributed by atoms with Gasteiger partial charge in [0.2, 0.25) is 17.7 Å². The molecule has 3 aliphatic rings. The number of hydrogen-bond acceptors (Lipinski definition) is 6. The van der Waals surface area contributed by atoms with Crippen LogP contribution in [0.25, 0.3) is 0 Å². The summed E-state index contributed by atoms with van der Waals surface area (Å²) in [7, 11) is 0. The van der Waals surface area contributed by atoms with Crippen molar-refractivity contribution in [3.05, 3.63) is 53.6 Å². The number of carbonyl (C=O) groups excluding carboxylic acids is 3. The molecule has 1 spiro atoms. The van der Waals surface area contributed by atoms with Gasteiger partial charge in [-0.2, -0.15) is 0 Å². The highest BCUT2D eigenvalue weighted by molar-refractivity contribution is 6.15. The van der Waals surface area contributed by atoms with Crippen LogP contribution in [0.5, 0.6) is 11.5 Å². The van der Waals surface area contributed by atoms with Gasteiger partial charge in [0.15, 0.2) is 11.5 Å². The van der Waals surface area contributed by atoms with Crippen LogP contribution < -0.4 is 10.6 Å². The third-order valence-electron chi connectivity index (χ3n) is 7.18. The largest absolute Gasteiger partial charge is 0.504 e. The van der Waals surface area contributed by atoms with E-state index < -0.39 is 23.4 Å².